The van der Waals surface area contributed by atoms with Gasteiger partial charge in [-0.2, -0.15) is 0 Å². The predicted octanol–water partition coefficient (Wildman–Crippen LogP) is 1.83. The molecule has 0 saturated carbocycles. The van der Waals surface area contributed by atoms with Crippen LogP contribution in [0, 0.1) is 11.8 Å². The normalized spacial score (nSPS) is 20.0. The van der Waals surface area contributed by atoms with Gasteiger partial charge in [0.1, 0.15) is 0 Å². The minimum Gasteiger partial charge on any atom is -0.395 e. The van der Waals surface area contributed by atoms with Gasteiger partial charge in [0.05, 0.1) is 18.1 Å². The third kappa shape index (κ3) is 4.32. The van der Waals surface area contributed by atoms with E-state index in [1.54, 1.807) is 11.3 Å². The van der Waals surface area contributed by atoms with E-state index in [-0.39, 0.29) is 13.2 Å². The monoisotopic (exact) mass is 279 g/mol. The number of likely N-dealkylation sites (tertiary alicyclic amines) is 1. The van der Waals surface area contributed by atoms with Crippen LogP contribution in [-0.4, -0.2) is 40.9 Å². The van der Waals surface area contributed by atoms with Crippen molar-refractivity contribution < 1.29 is 10.2 Å². The van der Waals surface area contributed by atoms with Crippen molar-refractivity contribution in [2.45, 2.75) is 38.3 Å². The highest BCUT2D eigenvalue weighted by molar-refractivity contribution is 7.12. The first-order chi connectivity index (χ1) is 9.33. The lowest BCUT2D eigenvalue weighted by Crippen LogP contribution is -2.40. The molecule has 1 atom stereocenters. The molecule has 1 saturated heterocycles. The van der Waals surface area contributed by atoms with Gasteiger partial charge >= 0.3 is 0 Å². The van der Waals surface area contributed by atoms with E-state index in [1.165, 1.54) is 17.7 Å². The van der Waals surface area contributed by atoms with Gasteiger partial charge in [0.2, 0.25) is 0 Å². The topological polar surface area (TPSA) is 43.7 Å². The molecule has 1 aromatic heterocycles. The standard InChI is InChI=1S/C15H21NO2S/c17-10-4-2-6-14-7-8-15(19-14)11-16-9-3-1-5-13(16)12-18/h7-8,13,17-18H,1,3-5,9-12H2. The van der Waals surface area contributed by atoms with Gasteiger partial charge in [0.15, 0.2) is 0 Å². The van der Waals surface area contributed by atoms with Crippen molar-refractivity contribution in [2.24, 2.45) is 0 Å². The van der Waals surface area contributed by atoms with Crippen molar-refractivity contribution in [3.63, 3.8) is 0 Å². The Morgan fingerprint density at radius 3 is 3.00 bits per heavy atom. The summed E-state index contributed by atoms with van der Waals surface area (Å²) < 4.78 is 0. The fraction of sp³-hybridized carbons (Fsp3) is 0.600. The van der Waals surface area contributed by atoms with Crippen molar-refractivity contribution >= 4 is 11.3 Å². The van der Waals surface area contributed by atoms with Crippen LogP contribution in [0.4, 0.5) is 0 Å². The number of aliphatic hydroxyl groups excluding tert-OH is 2. The van der Waals surface area contributed by atoms with Crippen LogP contribution < -0.4 is 0 Å². The molecule has 0 spiro atoms. The summed E-state index contributed by atoms with van der Waals surface area (Å²) in [5.41, 5.74) is 0. The zero-order valence-corrected chi connectivity index (χ0v) is 12.0. The first kappa shape index (κ1) is 14.5. The number of rotatable bonds is 4. The highest BCUT2D eigenvalue weighted by Crippen LogP contribution is 2.23. The Kier molecular flexibility index (Phi) is 5.87. The molecule has 2 N–H and O–H groups in total. The van der Waals surface area contributed by atoms with E-state index >= 15 is 0 Å². The van der Waals surface area contributed by atoms with Crippen LogP contribution >= 0.6 is 11.3 Å². The fourth-order valence-electron chi connectivity index (χ4n) is 2.41. The fourth-order valence-corrected chi connectivity index (χ4v) is 3.32. The third-order valence-corrected chi connectivity index (χ3v) is 4.41. The Balaban J connectivity index is 1.93. The predicted molar refractivity (Wildman–Crippen MR) is 78.0 cm³/mol. The molecule has 0 radical (unpaired) electrons. The summed E-state index contributed by atoms with van der Waals surface area (Å²) in [6.07, 6.45) is 4.09. The number of hydrogen-bond donors (Lipinski definition) is 2. The molecule has 1 aliphatic heterocycles. The highest BCUT2D eigenvalue weighted by Gasteiger charge is 2.21. The number of aliphatic hydroxyl groups is 2. The van der Waals surface area contributed by atoms with Crippen molar-refractivity contribution in [1.29, 1.82) is 0 Å². The first-order valence-electron chi connectivity index (χ1n) is 6.87. The molecule has 1 aliphatic rings. The van der Waals surface area contributed by atoms with E-state index in [2.05, 4.69) is 22.8 Å². The van der Waals surface area contributed by atoms with Gasteiger partial charge in [0, 0.05) is 23.9 Å². The van der Waals surface area contributed by atoms with Gasteiger partial charge in [-0.15, -0.1) is 11.3 Å². The number of hydrogen-bond acceptors (Lipinski definition) is 4. The lowest BCUT2D eigenvalue weighted by Gasteiger charge is -2.34. The molecular weight excluding hydrogens is 258 g/mol. The van der Waals surface area contributed by atoms with Gasteiger partial charge in [0.25, 0.3) is 0 Å². The SMILES string of the molecule is OCCC#Cc1ccc(CN2CCCCC2CO)s1. The van der Waals surface area contributed by atoms with Crippen LogP contribution in [-0.2, 0) is 6.54 Å². The summed E-state index contributed by atoms with van der Waals surface area (Å²) in [5, 5.41) is 18.1. The average molecular weight is 279 g/mol. The molecule has 1 unspecified atom stereocenters. The van der Waals surface area contributed by atoms with Crippen LogP contribution in [0.1, 0.15) is 35.4 Å². The van der Waals surface area contributed by atoms with E-state index in [0.29, 0.717) is 12.5 Å². The van der Waals surface area contributed by atoms with Gasteiger partial charge in [-0.05, 0) is 31.5 Å². The zero-order valence-electron chi connectivity index (χ0n) is 11.1. The van der Waals surface area contributed by atoms with E-state index in [1.807, 2.05) is 6.07 Å². The summed E-state index contributed by atoms with van der Waals surface area (Å²) >= 11 is 1.71. The molecule has 2 heterocycles. The molecule has 3 nitrogen and oxygen atoms in total. The van der Waals surface area contributed by atoms with Crippen molar-refractivity contribution in [3.8, 4) is 11.8 Å². The Morgan fingerprint density at radius 1 is 1.32 bits per heavy atom. The van der Waals surface area contributed by atoms with Crippen LogP contribution in [0.5, 0.6) is 0 Å². The van der Waals surface area contributed by atoms with Crippen LogP contribution in [0.25, 0.3) is 0 Å². The number of nitrogens with zero attached hydrogens (tertiary/aromatic N) is 1. The Morgan fingerprint density at radius 2 is 2.21 bits per heavy atom. The van der Waals surface area contributed by atoms with Gasteiger partial charge in [-0.25, -0.2) is 0 Å². The largest absolute Gasteiger partial charge is 0.395 e. The summed E-state index contributed by atoms with van der Waals surface area (Å²) in [5.74, 6) is 6.01. The van der Waals surface area contributed by atoms with Gasteiger partial charge in [-0.3, -0.25) is 4.90 Å². The van der Waals surface area contributed by atoms with Crippen LogP contribution in [0.15, 0.2) is 12.1 Å². The summed E-state index contributed by atoms with van der Waals surface area (Å²) in [7, 11) is 0. The Bertz CT molecular complexity index is 446. The summed E-state index contributed by atoms with van der Waals surface area (Å²) in [4.78, 5) is 4.73. The van der Waals surface area contributed by atoms with E-state index < -0.39 is 0 Å². The zero-order chi connectivity index (χ0) is 13.5. The molecular formula is C15H21NO2S. The summed E-state index contributed by atoms with van der Waals surface area (Å²) in [6, 6.07) is 4.48. The molecule has 0 amide bonds. The molecule has 104 valence electrons. The summed E-state index contributed by atoms with van der Waals surface area (Å²) in [6.45, 7) is 2.37. The highest BCUT2D eigenvalue weighted by atomic mass is 32.1. The quantitative estimate of drug-likeness (QED) is 0.827. The lowest BCUT2D eigenvalue weighted by molar-refractivity contribution is 0.0850. The molecule has 4 heteroatoms. The maximum Gasteiger partial charge on any atom is 0.0771 e. The maximum absolute atomic E-state index is 9.40. The molecule has 2 rings (SSSR count). The van der Waals surface area contributed by atoms with E-state index in [9.17, 15) is 5.11 Å². The Labute approximate surface area is 118 Å². The third-order valence-electron chi connectivity index (χ3n) is 3.43. The second kappa shape index (κ2) is 7.66. The molecule has 19 heavy (non-hydrogen) atoms. The first-order valence-corrected chi connectivity index (χ1v) is 7.68. The minimum atomic E-state index is 0.122. The maximum atomic E-state index is 9.40. The van der Waals surface area contributed by atoms with Crippen molar-refractivity contribution in [1.82, 2.24) is 4.90 Å². The smallest absolute Gasteiger partial charge is 0.0771 e. The molecule has 0 bridgehead atoms. The van der Waals surface area contributed by atoms with Crippen LogP contribution in [0.3, 0.4) is 0 Å². The average Bonchev–Trinajstić information content (AvgIpc) is 2.87. The minimum absolute atomic E-state index is 0.122. The second-order valence-electron chi connectivity index (χ2n) is 4.84. The van der Waals surface area contributed by atoms with Gasteiger partial charge < -0.3 is 10.2 Å². The molecule has 0 aromatic carbocycles. The second-order valence-corrected chi connectivity index (χ2v) is 6.01. The number of thiophene rings is 1. The van der Waals surface area contributed by atoms with E-state index in [0.717, 1.165) is 24.4 Å². The van der Waals surface area contributed by atoms with E-state index in [4.69, 9.17) is 5.11 Å². The lowest BCUT2D eigenvalue weighted by atomic mass is 10.0. The Hall–Kier alpha value is -0.860. The molecule has 0 aliphatic carbocycles. The van der Waals surface area contributed by atoms with Crippen molar-refractivity contribution in [3.05, 3.63) is 21.9 Å². The number of piperidine rings is 1. The van der Waals surface area contributed by atoms with Gasteiger partial charge in [-0.1, -0.05) is 18.3 Å². The molecule has 1 fully saturated rings. The van der Waals surface area contributed by atoms with Crippen molar-refractivity contribution in [2.75, 3.05) is 19.8 Å². The molecule has 1 aromatic rings. The van der Waals surface area contributed by atoms with Crippen LogP contribution in [0.2, 0.25) is 0 Å².